The number of piperazine rings is 2. The third-order valence-electron chi connectivity index (χ3n) is 6.36. The van der Waals surface area contributed by atoms with Gasteiger partial charge in [0.1, 0.15) is 12.1 Å². The van der Waals surface area contributed by atoms with Gasteiger partial charge in [0.25, 0.3) is 0 Å². The molecule has 0 aliphatic carbocycles. The smallest absolute Gasteiger partial charge is 0.246 e. The van der Waals surface area contributed by atoms with Gasteiger partial charge >= 0.3 is 0 Å². The molecule has 3 heterocycles. The molecular weight excluding hydrogens is 438 g/mol. The topological polar surface area (TPSA) is 70.5 Å². The molecule has 8 heteroatoms. The Labute approximate surface area is 197 Å². The predicted octanol–water partition coefficient (Wildman–Crippen LogP) is 2.59. The fourth-order valence-electron chi connectivity index (χ4n) is 4.53. The molecule has 0 bridgehead atoms. The number of amides is 2. The molecule has 2 aliphatic rings. The van der Waals surface area contributed by atoms with Crippen molar-refractivity contribution in [2.75, 3.05) is 19.6 Å². The summed E-state index contributed by atoms with van der Waals surface area (Å²) in [7, 11) is 0. The van der Waals surface area contributed by atoms with E-state index in [2.05, 4.69) is 34.4 Å². The Balaban J connectivity index is 1.22. The Kier molecular flexibility index (Phi) is 5.91. The number of nitrogens with zero attached hydrogens (tertiary/aromatic N) is 4. The molecule has 0 saturated carbocycles. The standard InChI is InChI=1S/C25H26ClN5O2/c1-17-2-8-21(9-3-17)31-15-19(13-27-31)14-29-10-11-30-23(16-29)24(32)28-22(25(30)33)12-18-4-6-20(26)7-5-18/h2-9,13,15,22-23H,10-12,14,16H2,1H3,(H,28,32)/t22-,23+/m0/s1. The van der Waals surface area contributed by atoms with Crippen LogP contribution in [0.15, 0.2) is 60.9 Å². The molecule has 1 aromatic heterocycles. The Hall–Kier alpha value is -3.16. The summed E-state index contributed by atoms with van der Waals surface area (Å²) >= 11 is 5.95. The second-order valence-corrected chi connectivity index (χ2v) is 9.24. The molecule has 2 aromatic carbocycles. The zero-order valence-corrected chi connectivity index (χ0v) is 19.2. The van der Waals surface area contributed by atoms with Crippen molar-refractivity contribution < 1.29 is 9.59 Å². The van der Waals surface area contributed by atoms with Crippen LogP contribution < -0.4 is 5.32 Å². The third kappa shape index (κ3) is 4.65. The summed E-state index contributed by atoms with van der Waals surface area (Å²) in [5, 5.41) is 8.07. The monoisotopic (exact) mass is 463 g/mol. The molecule has 0 spiro atoms. The number of aromatic nitrogens is 2. The van der Waals surface area contributed by atoms with Gasteiger partial charge in [0.05, 0.1) is 11.9 Å². The van der Waals surface area contributed by atoms with Gasteiger partial charge in [-0.3, -0.25) is 14.5 Å². The van der Waals surface area contributed by atoms with E-state index in [1.54, 1.807) is 17.0 Å². The number of nitrogens with one attached hydrogen (secondary N) is 1. The Morgan fingerprint density at radius 2 is 1.79 bits per heavy atom. The van der Waals surface area contributed by atoms with Crippen molar-refractivity contribution in [3.8, 4) is 5.69 Å². The van der Waals surface area contributed by atoms with Crippen LogP contribution in [0.25, 0.3) is 5.69 Å². The third-order valence-corrected chi connectivity index (χ3v) is 6.61. The van der Waals surface area contributed by atoms with E-state index in [4.69, 9.17) is 11.6 Å². The van der Waals surface area contributed by atoms with Crippen LogP contribution >= 0.6 is 11.6 Å². The summed E-state index contributed by atoms with van der Waals surface area (Å²) in [5.41, 5.74) is 4.27. The molecule has 0 radical (unpaired) electrons. The van der Waals surface area contributed by atoms with E-state index in [-0.39, 0.29) is 11.8 Å². The first-order valence-corrected chi connectivity index (χ1v) is 11.5. The Bertz CT molecular complexity index is 1160. The van der Waals surface area contributed by atoms with Crippen LogP contribution in [0.4, 0.5) is 0 Å². The quantitative estimate of drug-likeness (QED) is 0.631. The van der Waals surface area contributed by atoms with E-state index in [1.807, 2.05) is 41.3 Å². The lowest BCUT2D eigenvalue weighted by Crippen LogP contribution is -2.69. The Morgan fingerprint density at radius 3 is 2.55 bits per heavy atom. The number of halogens is 1. The molecule has 2 saturated heterocycles. The average molecular weight is 464 g/mol. The largest absolute Gasteiger partial charge is 0.342 e. The molecule has 3 aromatic rings. The molecule has 5 rings (SSSR count). The maximum absolute atomic E-state index is 13.1. The second kappa shape index (κ2) is 9.00. The van der Waals surface area contributed by atoms with Crippen molar-refractivity contribution in [1.82, 2.24) is 24.9 Å². The van der Waals surface area contributed by atoms with Crippen molar-refractivity contribution in [1.29, 1.82) is 0 Å². The summed E-state index contributed by atoms with van der Waals surface area (Å²) in [5.74, 6) is -0.102. The first kappa shape index (κ1) is 21.7. The fourth-order valence-corrected chi connectivity index (χ4v) is 4.66. The van der Waals surface area contributed by atoms with Crippen LogP contribution in [0.3, 0.4) is 0 Å². The van der Waals surface area contributed by atoms with E-state index >= 15 is 0 Å². The second-order valence-electron chi connectivity index (χ2n) is 8.80. The van der Waals surface area contributed by atoms with Gasteiger partial charge in [-0.1, -0.05) is 41.4 Å². The van der Waals surface area contributed by atoms with Gasteiger partial charge < -0.3 is 10.2 Å². The summed E-state index contributed by atoms with van der Waals surface area (Å²) in [4.78, 5) is 29.9. The highest BCUT2D eigenvalue weighted by atomic mass is 35.5. The number of carbonyl (C=O) groups is 2. The number of rotatable bonds is 5. The van der Waals surface area contributed by atoms with E-state index in [1.165, 1.54) is 5.56 Å². The van der Waals surface area contributed by atoms with Gasteiger partial charge in [-0.2, -0.15) is 5.10 Å². The van der Waals surface area contributed by atoms with Crippen molar-refractivity contribution in [2.45, 2.75) is 32.0 Å². The van der Waals surface area contributed by atoms with Gasteiger partial charge in [-0.15, -0.1) is 0 Å². The van der Waals surface area contributed by atoms with Crippen molar-refractivity contribution in [2.24, 2.45) is 0 Å². The highest BCUT2D eigenvalue weighted by Gasteiger charge is 2.43. The number of hydrogen-bond donors (Lipinski definition) is 1. The molecule has 2 amide bonds. The summed E-state index contributed by atoms with van der Waals surface area (Å²) in [6.07, 6.45) is 4.35. The van der Waals surface area contributed by atoms with Crippen LogP contribution in [0, 0.1) is 6.92 Å². The lowest BCUT2D eigenvalue weighted by Gasteiger charge is -2.45. The average Bonchev–Trinajstić information content (AvgIpc) is 3.27. The number of benzene rings is 2. The van der Waals surface area contributed by atoms with Gasteiger partial charge in [0.15, 0.2) is 0 Å². The van der Waals surface area contributed by atoms with Gasteiger partial charge in [-0.25, -0.2) is 4.68 Å². The number of hydrogen-bond acceptors (Lipinski definition) is 4. The zero-order chi connectivity index (χ0) is 22.9. The zero-order valence-electron chi connectivity index (χ0n) is 18.4. The highest BCUT2D eigenvalue weighted by Crippen LogP contribution is 2.21. The molecule has 0 unspecified atom stereocenters. The number of aryl methyl sites for hydroxylation is 1. The number of fused-ring (bicyclic) bond motifs is 1. The SMILES string of the molecule is Cc1ccc(-n2cc(CN3CCN4C(=O)[C@H](Cc5ccc(Cl)cc5)NC(=O)[C@H]4C3)cn2)cc1. The maximum Gasteiger partial charge on any atom is 0.246 e. The minimum atomic E-state index is -0.533. The van der Waals surface area contributed by atoms with E-state index in [0.29, 0.717) is 31.1 Å². The van der Waals surface area contributed by atoms with Crippen molar-refractivity contribution >= 4 is 23.4 Å². The fraction of sp³-hybridized carbons (Fsp3) is 0.320. The molecule has 7 nitrogen and oxygen atoms in total. The summed E-state index contributed by atoms with van der Waals surface area (Å²) in [6, 6.07) is 14.6. The van der Waals surface area contributed by atoms with E-state index in [0.717, 1.165) is 23.4 Å². The van der Waals surface area contributed by atoms with Gasteiger partial charge in [0.2, 0.25) is 11.8 Å². The van der Waals surface area contributed by atoms with Crippen molar-refractivity contribution in [3.63, 3.8) is 0 Å². The molecular formula is C25H26ClN5O2. The summed E-state index contributed by atoms with van der Waals surface area (Å²) < 4.78 is 1.86. The molecule has 2 aliphatic heterocycles. The van der Waals surface area contributed by atoms with Crippen LogP contribution in [-0.4, -0.2) is 63.1 Å². The Morgan fingerprint density at radius 1 is 1.03 bits per heavy atom. The molecule has 170 valence electrons. The lowest BCUT2D eigenvalue weighted by molar-refractivity contribution is -0.153. The van der Waals surface area contributed by atoms with Crippen LogP contribution in [0.5, 0.6) is 0 Å². The van der Waals surface area contributed by atoms with Crippen LogP contribution in [0.1, 0.15) is 16.7 Å². The predicted molar refractivity (Wildman–Crippen MR) is 126 cm³/mol. The van der Waals surface area contributed by atoms with E-state index < -0.39 is 12.1 Å². The van der Waals surface area contributed by atoms with Crippen LogP contribution in [0.2, 0.25) is 5.02 Å². The minimum absolute atomic E-state index is 0.0126. The maximum atomic E-state index is 13.1. The van der Waals surface area contributed by atoms with Crippen LogP contribution in [-0.2, 0) is 22.6 Å². The highest BCUT2D eigenvalue weighted by molar-refractivity contribution is 6.30. The van der Waals surface area contributed by atoms with Gasteiger partial charge in [0, 0.05) is 49.4 Å². The normalized spacial score (nSPS) is 21.1. The minimum Gasteiger partial charge on any atom is -0.342 e. The van der Waals surface area contributed by atoms with Crippen molar-refractivity contribution in [3.05, 3.63) is 82.6 Å². The number of carbonyl (C=O) groups excluding carboxylic acids is 2. The lowest BCUT2D eigenvalue weighted by atomic mass is 9.98. The van der Waals surface area contributed by atoms with E-state index in [9.17, 15) is 9.59 Å². The van der Waals surface area contributed by atoms with Gasteiger partial charge in [-0.05, 0) is 36.8 Å². The summed E-state index contributed by atoms with van der Waals surface area (Å²) in [6.45, 7) is 4.52. The first-order chi connectivity index (χ1) is 16.0. The molecule has 2 atom stereocenters. The molecule has 2 fully saturated rings. The molecule has 1 N–H and O–H groups in total. The first-order valence-electron chi connectivity index (χ1n) is 11.1. The molecule has 33 heavy (non-hydrogen) atoms.